The van der Waals surface area contributed by atoms with Gasteiger partial charge in [0.1, 0.15) is 12.4 Å². The van der Waals surface area contributed by atoms with Crippen LogP contribution >= 0.6 is 11.6 Å². The number of nitrogens with one attached hydrogen (secondary N) is 3. The zero-order valence-electron chi connectivity index (χ0n) is 10.1. The fourth-order valence-electron chi connectivity index (χ4n) is 1.17. The van der Waals surface area contributed by atoms with Crippen LogP contribution in [0.25, 0.3) is 0 Å². The van der Waals surface area contributed by atoms with Gasteiger partial charge in [-0.25, -0.2) is 9.18 Å². The molecule has 0 saturated heterocycles. The Labute approximate surface area is 118 Å². The minimum absolute atomic E-state index is 0.00970. The molecule has 0 aromatic heterocycles. The van der Waals surface area contributed by atoms with Crippen molar-refractivity contribution in [2.24, 2.45) is 0 Å². The van der Waals surface area contributed by atoms with Gasteiger partial charge in [0.2, 0.25) is 5.91 Å². The van der Waals surface area contributed by atoms with Crippen LogP contribution in [0.15, 0.2) is 18.2 Å². The van der Waals surface area contributed by atoms with Crippen LogP contribution in [0.4, 0.5) is 14.9 Å². The van der Waals surface area contributed by atoms with Gasteiger partial charge < -0.3 is 21.1 Å². The van der Waals surface area contributed by atoms with Crippen molar-refractivity contribution in [3.63, 3.8) is 0 Å². The summed E-state index contributed by atoms with van der Waals surface area (Å²) in [5.41, 5.74) is -0.211. The molecule has 0 atom stereocenters. The lowest BCUT2D eigenvalue weighted by Crippen LogP contribution is -2.40. The van der Waals surface area contributed by atoms with Gasteiger partial charge in [0, 0.05) is 0 Å². The van der Waals surface area contributed by atoms with E-state index in [0.29, 0.717) is 0 Å². The van der Waals surface area contributed by atoms with Crippen molar-refractivity contribution >= 4 is 35.2 Å². The van der Waals surface area contributed by atoms with Crippen LogP contribution in [-0.2, 0) is 9.59 Å². The lowest BCUT2D eigenvalue weighted by molar-refractivity contribution is -0.137. The molecular formula is C11H11ClFN3O4. The Morgan fingerprint density at radius 3 is 2.50 bits per heavy atom. The van der Waals surface area contributed by atoms with Crippen LogP contribution in [0.3, 0.4) is 0 Å². The maximum atomic E-state index is 13.3. The van der Waals surface area contributed by atoms with Gasteiger partial charge in [-0.3, -0.25) is 9.59 Å². The first-order valence-electron chi connectivity index (χ1n) is 5.37. The second-order valence-corrected chi connectivity index (χ2v) is 3.98. The van der Waals surface area contributed by atoms with Gasteiger partial charge in [-0.15, -0.1) is 0 Å². The monoisotopic (exact) mass is 303 g/mol. The van der Waals surface area contributed by atoms with Crippen LogP contribution in [0, 0.1) is 5.82 Å². The number of para-hydroxylation sites is 1. The van der Waals surface area contributed by atoms with Crippen molar-refractivity contribution in [3.8, 4) is 0 Å². The average molecular weight is 304 g/mol. The molecule has 0 aliphatic heterocycles. The number of hydrogen-bond donors (Lipinski definition) is 4. The Morgan fingerprint density at radius 2 is 1.90 bits per heavy atom. The van der Waals surface area contributed by atoms with Gasteiger partial charge in [0.15, 0.2) is 0 Å². The summed E-state index contributed by atoms with van der Waals surface area (Å²) in [5, 5.41) is 14.7. The Bertz CT molecular complexity index is 518. The first-order chi connectivity index (χ1) is 9.40. The van der Waals surface area contributed by atoms with Crippen LogP contribution < -0.4 is 16.0 Å². The summed E-state index contributed by atoms with van der Waals surface area (Å²) in [7, 11) is 0. The molecule has 1 aromatic carbocycles. The largest absolute Gasteiger partial charge is 0.480 e. The second kappa shape index (κ2) is 7.29. The third-order valence-electron chi connectivity index (χ3n) is 2.05. The van der Waals surface area contributed by atoms with E-state index in [1.54, 1.807) is 0 Å². The Morgan fingerprint density at radius 1 is 1.20 bits per heavy atom. The van der Waals surface area contributed by atoms with Crippen molar-refractivity contribution in [2.45, 2.75) is 0 Å². The molecule has 0 aliphatic carbocycles. The van der Waals surface area contributed by atoms with Crippen molar-refractivity contribution in [1.82, 2.24) is 10.6 Å². The summed E-state index contributed by atoms with van der Waals surface area (Å²) in [4.78, 5) is 32.7. The predicted molar refractivity (Wildman–Crippen MR) is 69.1 cm³/mol. The highest BCUT2D eigenvalue weighted by molar-refractivity contribution is 6.33. The molecule has 0 saturated carbocycles. The summed E-state index contributed by atoms with van der Waals surface area (Å²) in [6, 6.07) is 3.03. The zero-order valence-corrected chi connectivity index (χ0v) is 10.8. The number of halogens is 2. The molecule has 7 nitrogen and oxygen atoms in total. The summed E-state index contributed by atoms with van der Waals surface area (Å²) in [6.07, 6.45) is 0. The molecule has 0 unspecified atom stereocenters. The first kappa shape index (κ1) is 15.7. The Hall–Kier alpha value is -2.35. The fraction of sp³-hybridized carbons (Fsp3) is 0.182. The van der Waals surface area contributed by atoms with Crippen molar-refractivity contribution < 1.29 is 23.9 Å². The van der Waals surface area contributed by atoms with Gasteiger partial charge in [-0.2, -0.15) is 0 Å². The predicted octanol–water partition coefficient (Wildman–Crippen LogP) is 0.801. The van der Waals surface area contributed by atoms with E-state index in [2.05, 4.69) is 10.6 Å². The number of carboxylic acids is 1. The van der Waals surface area contributed by atoms with E-state index in [4.69, 9.17) is 16.7 Å². The summed E-state index contributed by atoms with van der Waals surface area (Å²) < 4.78 is 13.3. The molecule has 0 heterocycles. The molecule has 0 fully saturated rings. The summed E-state index contributed by atoms with van der Waals surface area (Å²) >= 11 is 5.69. The molecule has 20 heavy (non-hydrogen) atoms. The van der Waals surface area contributed by atoms with E-state index in [1.165, 1.54) is 12.1 Å². The standard InChI is InChI=1S/C11H11ClFN3O4/c12-6-2-1-3-7(13)10(6)16-11(20)15-4-8(17)14-5-9(18)19/h1-3H,4-5H2,(H,14,17)(H,18,19)(H2,15,16,20). The Balaban J connectivity index is 2.44. The van der Waals surface area contributed by atoms with E-state index in [0.717, 1.165) is 6.07 Å². The molecule has 1 rings (SSSR count). The number of carbonyl (C=O) groups excluding carboxylic acids is 2. The van der Waals surface area contributed by atoms with Gasteiger partial charge >= 0.3 is 12.0 Å². The Kier molecular flexibility index (Phi) is 5.73. The highest BCUT2D eigenvalue weighted by Gasteiger charge is 2.11. The maximum absolute atomic E-state index is 13.3. The number of carbonyl (C=O) groups is 3. The number of hydrogen-bond acceptors (Lipinski definition) is 3. The first-order valence-corrected chi connectivity index (χ1v) is 5.75. The lowest BCUT2D eigenvalue weighted by Gasteiger charge is -2.09. The van der Waals surface area contributed by atoms with Crippen LogP contribution in [-0.4, -0.2) is 36.1 Å². The topological polar surface area (TPSA) is 108 Å². The average Bonchev–Trinajstić information content (AvgIpc) is 2.38. The van der Waals surface area contributed by atoms with Crippen molar-refractivity contribution in [3.05, 3.63) is 29.0 Å². The zero-order chi connectivity index (χ0) is 15.1. The molecule has 108 valence electrons. The highest BCUT2D eigenvalue weighted by atomic mass is 35.5. The van der Waals surface area contributed by atoms with E-state index >= 15 is 0 Å². The smallest absolute Gasteiger partial charge is 0.322 e. The third-order valence-corrected chi connectivity index (χ3v) is 2.36. The number of benzene rings is 1. The second-order valence-electron chi connectivity index (χ2n) is 3.57. The molecule has 0 aliphatic rings. The SMILES string of the molecule is O=C(O)CNC(=O)CNC(=O)Nc1c(F)cccc1Cl. The van der Waals surface area contributed by atoms with Crippen molar-refractivity contribution in [1.29, 1.82) is 0 Å². The molecule has 0 radical (unpaired) electrons. The quantitative estimate of drug-likeness (QED) is 0.645. The summed E-state index contributed by atoms with van der Waals surface area (Å²) in [5.74, 6) is -2.62. The number of aliphatic carboxylic acids is 1. The number of carboxylic acid groups (broad SMARTS) is 1. The highest BCUT2D eigenvalue weighted by Crippen LogP contribution is 2.24. The number of urea groups is 1. The van der Waals surface area contributed by atoms with E-state index in [-0.39, 0.29) is 10.7 Å². The van der Waals surface area contributed by atoms with Gasteiger partial charge in [0.25, 0.3) is 0 Å². The van der Waals surface area contributed by atoms with Gasteiger partial charge in [0.05, 0.1) is 17.3 Å². The minimum atomic E-state index is -1.21. The van der Waals surface area contributed by atoms with Gasteiger partial charge in [-0.05, 0) is 12.1 Å². The van der Waals surface area contributed by atoms with Crippen molar-refractivity contribution in [2.75, 3.05) is 18.4 Å². The van der Waals surface area contributed by atoms with E-state index in [9.17, 15) is 18.8 Å². The number of rotatable bonds is 5. The molecule has 1 aromatic rings. The molecule has 0 bridgehead atoms. The molecule has 0 spiro atoms. The maximum Gasteiger partial charge on any atom is 0.322 e. The molecule has 9 heteroatoms. The van der Waals surface area contributed by atoms with Gasteiger partial charge in [-0.1, -0.05) is 17.7 Å². The van der Waals surface area contributed by atoms with Crippen LogP contribution in [0.2, 0.25) is 5.02 Å². The normalized spacial score (nSPS) is 9.70. The van der Waals surface area contributed by atoms with Crippen LogP contribution in [0.5, 0.6) is 0 Å². The third kappa shape index (κ3) is 5.11. The van der Waals surface area contributed by atoms with E-state index < -0.39 is 36.8 Å². The minimum Gasteiger partial charge on any atom is -0.480 e. The van der Waals surface area contributed by atoms with E-state index in [1.807, 2.05) is 5.32 Å². The molecule has 4 N–H and O–H groups in total. The lowest BCUT2D eigenvalue weighted by atomic mass is 10.3. The molecule has 3 amide bonds. The van der Waals surface area contributed by atoms with Crippen LogP contribution in [0.1, 0.15) is 0 Å². The number of anilines is 1. The fourth-order valence-corrected chi connectivity index (χ4v) is 1.38. The number of amides is 3. The molecular weight excluding hydrogens is 293 g/mol. The summed E-state index contributed by atoms with van der Waals surface area (Å²) in [6.45, 7) is -1.01.